The van der Waals surface area contributed by atoms with E-state index in [1.807, 2.05) is 6.07 Å². The topological polar surface area (TPSA) is 88.0 Å². The highest BCUT2D eigenvalue weighted by atomic mass is 19.1. The largest absolute Gasteiger partial charge is 0.390 e. The summed E-state index contributed by atoms with van der Waals surface area (Å²) in [6, 6.07) is 4.14. The maximum absolute atomic E-state index is 14.1. The Morgan fingerprint density at radius 2 is 2.00 bits per heavy atom. The average molecular weight is 301 g/mol. The molecule has 5 nitrogen and oxygen atoms in total. The van der Waals surface area contributed by atoms with Crippen LogP contribution in [0.2, 0.25) is 0 Å². The Balaban J connectivity index is 2.46. The van der Waals surface area contributed by atoms with E-state index in [9.17, 15) is 8.78 Å². The van der Waals surface area contributed by atoms with Gasteiger partial charge in [-0.1, -0.05) is 6.92 Å². The van der Waals surface area contributed by atoms with Crippen molar-refractivity contribution < 1.29 is 8.78 Å². The third-order valence-electron chi connectivity index (χ3n) is 3.09. The van der Waals surface area contributed by atoms with Crippen molar-refractivity contribution in [3.8, 4) is 6.07 Å². The van der Waals surface area contributed by atoms with Gasteiger partial charge >= 0.3 is 0 Å². The lowest BCUT2D eigenvalue weighted by Gasteiger charge is -2.08. The van der Waals surface area contributed by atoms with Crippen molar-refractivity contribution in [3.05, 3.63) is 52.5 Å². The molecule has 0 radical (unpaired) electrons. The van der Waals surface area contributed by atoms with Crippen LogP contribution in [0.5, 0.6) is 0 Å². The second kappa shape index (κ2) is 6.72. The van der Waals surface area contributed by atoms with Gasteiger partial charge in [-0.3, -0.25) is 0 Å². The first-order chi connectivity index (χ1) is 10.6. The summed E-state index contributed by atoms with van der Waals surface area (Å²) in [6.07, 6.45) is 2.62. The number of halogens is 2. The van der Waals surface area contributed by atoms with Crippen molar-refractivity contribution in [1.29, 1.82) is 5.26 Å². The van der Waals surface area contributed by atoms with Crippen molar-refractivity contribution in [3.63, 3.8) is 0 Å². The molecule has 0 atom stereocenters. The van der Waals surface area contributed by atoms with E-state index in [0.29, 0.717) is 12.0 Å². The van der Waals surface area contributed by atoms with Gasteiger partial charge in [-0.25, -0.2) is 23.7 Å². The zero-order valence-corrected chi connectivity index (χ0v) is 11.8. The zero-order chi connectivity index (χ0) is 16.1. The van der Waals surface area contributed by atoms with Crippen LogP contribution < -0.4 is 5.73 Å². The lowest BCUT2D eigenvalue weighted by atomic mass is 10.0. The highest BCUT2D eigenvalue weighted by Gasteiger charge is 2.14. The minimum absolute atomic E-state index is 0.0397. The molecule has 112 valence electrons. The van der Waals surface area contributed by atoms with Crippen molar-refractivity contribution >= 4 is 12.2 Å². The molecular weight excluding hydrogens is 288 g/mol. The van der Waals surface area contributed by atoms with Gasteiger partial charge in [0.25, 0.3) is 0 Å². The molecule has 22 heavy (non-hydrogen) atoms. The quantitative estimate of drug-likeness (QED) is 0.693. The van der Waals surface area contributed by atoms with Gasteiger partial charge < -0.3 is 5.73 Å². The molecule has 1 aromatic heterocycles. The van der Waals surface area contributed by atoms with Crippen LogP contribution in [-0.4, -0.2) is 16.3 Å². The number of nitrogens with two attached hydrogens (primary N) is 1. The van der Waals surface area contributed by atoms with Gasteiger partial charge in [-0.15, -0.1) is 0 Å². The molecule has 7 heteroatoms. The number of rotatable bonds is 4. The van der Waals surface area contributed by atoms with Crippen molar-refractivity contribution in [2.45, 2.75) is 19.8 Å². The molecule has 2 aromatic rings. The first-order valence-electron chi connectivity index (χ1n) is 6.56. The van der Waals surface area contributed by atoms with E-state index in [-0.39, 0.29) is 29.2 Å². The second-order valence-electron chi connectivity index (χ2n) is 4.48. The molecule has 0 aliphatic carbocycles. The molecule has 0 saturated heterocycles. The molecule has 0 aliphatic heterocycles. The molecule has 0 spiro atoms. The van der Waals surface area contributed by atoms with Crippen LogP contribution in [0, 0.1) is 23.0 Å². The van der Waals surface area contributed by atoms with E-state index < -0.39 is 11.6 Å². The Labute approximate surface area is 126 Å². The van der Waals surface area contributed by atoms with Gasteiger partial charge in [-0.2, -0.15) is 5.26 Å². The SMILES string of the molecule is CCc1cc(F)c(Cc2nc(C#N)cnc2N=CN)cc1F. The number of aryl methyl sites for hydroxylation is 1. The van der Waals surface area contributed by atoms with Gasteiger partial charge in [0.1, 0.15) is 17.7 Å². The van der Waals surface area contributed by atoms with E-state index in [0.717, 1.165) is 18.5 Å². The summed E-state index contributed by atoms with van der Waals surface area (Å²) >= 11 is 0. The summed E-state index contributed by atoms with van der Waals surface area (Å²) in [4.78, 5) is 11.8. The smallest absolute Gasteiger partial charge is 0.175 e. The van der Waals surface area contributed by atoms with E-state index in [1.54, 1.807) is 6.92 Å². The number of nitrogens with zero attached hydrogens (tertiary/aromatic N) is 4. The first-order valence-corrected chi connectivity index (χ1v) is 6.56. The van der Waals surface area contributed by atoms with Crippen LogP contribution in [0.15, 0.2) is 23.3 Å². The minimum Gasteiger partial charge on any atom is -0.390 e. The highest BCUT2D eigenvalue weighted by molar-refractivity contribution is 5.58. The summed E-state index contributed by atoms with van der Waals surface area (Å²) < 4.78 is 27.9. The maximum atomic E-state index is 14.1. The Kier molecular flexibility index (Phi) is 4.73. The molecule has 0 amide bonds. The first kappa shape index (κ1) is 15.5. The lowest BCUT2D eigenvalue weighted by Crippen LogP contribution is -2.02. The number of nitriles is 1. The monoisotopic (exact) mass is 301 g/mol. The number of aromatic nitrogens is 2. The van der Waals surface area contributed by atoms with Gasteiger partial charge in [0.15, 0.2) is 11.5 Å². The van der Waals surface area contributed by atoms with Crippen LogP contribution in [0.3, 0.4) is 0 Å². The van der Waals surface area contributed by atoms with Gasteiger partial charge in [-0.05, 0) is 29.7 Å². The average Bonchev–Trinajstić information content (AvgIpc) is 2.52. The second-order valence-corrected chi connectivity index (χ2v) is 4.48. The molecule has 1 aromatic carbocycles. The summed E-state index contributed by atoms with van der Waals surface area (Å²) in [5, 5.41) is 8.87. The number of benzene rings is 1. The van der Waals surface area contributed by atoms with E-state index in [1.165, 1.54) is 6.20 Å². The van der Waals surface area contributed by atoms with Gasteiger partial charge in [0.2, 0.25) is 0 Å². The van der Waals surface area contributed by atoms with Crippen LogP contribution in [-0.2, 0) is 12.8 Å². The predicted molar refractivity (Wildman–Crippen MR) is 77.6 cm³/mol. The Hall–Kier alpha value is -2.88. The predicted octanol–water partition coefficient (Wildman–Crippen LogP) is 2.40. The van der Waals surface area contributed by atoms with Crippen molar-refractivity contribution in [2.24, 2.45) is 10.7 Å². The molecule has 0 unspecified atom stereocenters. The molecular formula is C15H13F2N5. The summed E-state index contributed by atoms with van der Waals surface area (Å²) in [5.41, 5.74) is 5.97. The number of hydrogen-bond donors (Lipinski definition) is 1. The van der Waals surface area contributed by atoms with Crippen LogP contribution in [0.4, 0.5) is 14.6 Å². The lowest BCUT2D eigenvalue weighted by molar-refractivity contribution is 0.576. The minimum atomic E-state index is -0.537. The molecule has 0 aliphatic rings. The molecule has 2 N–H and O–H groups in total. The molecule has 1 heterocycles. The van der Waals surface area contributed by atoms with Gasteiger partial charge in [0, 0.05) is 6.42 Å². The highest BCUT2D eigenvalue weighted by Crippen LogP contribution is 2.22. The Bertz CT molecular complexity index is 765. The van der Waals surface area contributed by atoms with Crippen molar-refractivity contribution in [1.82, 2.24) is 9.97 Å². The van der Waals surface area contributed by atoms with Crippen LogP contribution in [0.25, 0.3) is 0 Å². The Morgan fingerprint density at radius 3 is 2.64 bits per heavy atom. The van der Waals surface area contributed by atoms with Crippen molar-refractivity contribution in [2.75, 3.05) is 0 Å². The van der Waals surface area contributed by atoms with E-state index >= 15 is 0 Å². The molecule has 2 rings (SSSR count). The number of hydrogen-bond acceptors (Lipinski definition) is 4. The fraction of sp³-hybridized carbons (Fsp3) is 0.200. The van der Waals surface area contributed by atoms with E-state index in [2.05, 4.69) is 15.0 Å². The van der Waals surface area contributed by atoms with E-state index in [4.69, 9.17) is 11.0 Å². The molecule has 0 saturated carbocycles. The fourth-order valence-electron chi connectivity index (χ4n) is 1.99. The van der Waals surface area contributed by atoms with Gasteiger partial charge in [0.05, 0.1) is 18.2 Å². The standard InChI is InChI=1S/C15H13F2N5/c1-2-9-3-13(17)10(4-12(9)16)5-14-15(21-8-19)20-7-11(6-18)22-14/h3-4,7-8H,2,5H2,1H3,(H2,19,20,21). The summed E-state index contributed by atoms with van der Waals surface area (Å²) in [7, 11) is 0. The third-order valence-corrected chi connectivity index (χ3v) is 3.09. The molecule has 0 bridgehead atoms. The maximum Gasteiger partial charge on any atom is 0.175 e. The zero-order valence-electron chi connectivity index (χ0n) is 11.8. The summed E-state index contributed by atoms with van der Waals surface area (Å²) in [5.74, 6) is -0.849. The van der Waals surface area contributed by atoms with Crippen LogP contribution in [0.1, 0.15) is 29.4 Å². The summed E-state index contributed by atoms with van der Waals surface area (Å²) in [6.45, 7) is 1.74. The normalized spacial score (nSPS) is 10.8. The van der Waals surface area contributed by atoms with Crippen LogP contribution >= 0.6 is 0 Å². The fourth-order valence-corrected chi connectivity index (χ4v) is 1.99. The third kappa shape index (κ3) is 3.23. The Morgan fingerprint density at radius 1 is 1.32 bits per heavy atom. The number of aliphatic imine (C=N–C) groups is 1. The molecule has 0 fully saturated rings.